The monoisotopic (exact) mass is 454 g/mol. The molecule has 0 saturated carbocycles. The van der Waals surface area contributed by atoms with Gasteiger partial charge >= 0.3 is 0 Å². The lowest BCUT2D eigenvalue weighted by atomic mass is 10.0. The van der Waals surface area contributed by atoms with Crippen LogP contribution >= 0.6 is 0 Å². The standard InChI is InChI=1S/C27H29F3N2O/c28-23-7-3-21(4-8-23)27(22-5-9-24(29)10-6-22)33-20-2-1-15-31-16-18-32(19-17-31)26-13-11-25(30)12-14-26/h3-14,27H,1-2,15-20H2. The Labute approximate surface area is 193 Å². The summed E-state index contributed by atoms with van der Waals surface area (Å²) in [6.07, 6.45) is 1.55. The van der Waals surface area contributed by atoms with Crippen molar-refractivity contribution in [2.45, 2.75) is 18.9 Å². The van der Waals surface area contributed by atoms with E-state index in [2.05, 4.69) is 9.80 Å². The average molecular weight is 455 g/mol. The first-order valence-electron chi connectivity index (χ1n) is 11.4. The van der Waals surface area contributed by atoms with Crippen molar-refractivity contribution >= 4 is 5.69 Å². The Kier molecular flexibility index (Phi) is 8.02. The third-order valence-electron chi connectivity index (χ3n) is 6.06. The van der Waals surface area contributed by atoms with Gasteiger partial charge in [-0.15, -0.1) is 0 Å². The summed E-state index contributed by atoms with van der Waals surface area (Å²) in [4.78, 5) is 4.73. The number of ether oxygens (including phenoxy) is 1. The van der Waals surface area contributed by atoms with Crippen LogP contribution in [0.1, 0.15) is 30.1 Å². The van der Waals surface area contributed by atoms with Gasteiger partial charge in [0, 0.05) is 38.5 Å². The van der Waals surface area contributed by atoms with E-state index in [9.17, 15) is 13.2 Å². The Hall–Kier alpha value is -2.83. The highest BCUT2D eigenvalue weighted by Crippen LogP contribution is 2.27. The number of piperazine rings is 1. The number of halogens is 3. The number of nitrogens with zero attached hydrogens (tertiary/aromatic N) is 2. The number of anilines is 1. The summed E-state index contributed by atoms with van der Waals surface area (Å²) in [6, 6.07) is 19.2. The van der Waals surface area contributed by atoms with Crippen LogP contribution in [0.4, 0.5) is 18.9 Å². The molecule has 1 fully saturated rings. The van der Waals surface area contributed by atoms with Crippen molar-refractivity contribution in [3.8, 4) is 0 Å². The minimum atomic E-state index is -0.356. The van der Waals surface area contributed by atoms with Crippen LogP contribution in [0.3, 0.4) is 0 Å². The fourth-order valence-corrected chi connectivity index (χ4v) is 4.18. The van der Waals surface area contributed by atoms with Crippen LogP contribution in [0.5, 0.6) is 0 Å². The van der Waals surface area contributed by atoms with Crippen molar-refractivity contribution in [1.82, 2.24) is 4.90 Å². The summed E-state index contributed by atoms with van der Waals surface area (Å²) in [5.41, 5.74) is 2.76. The number of rotatable bonds is 9. The van der Waals surface area contributed by atoms with Gasteiger partial charge in [-0.3, -0.25) is 4.90 Å². The van der Waals surface area contributed by atoms with E-state index in [1.807, 2.05) is 12.1 Å². The molecule has 0 aliphatic carbocycles. The lowest BCUT2D eigenvalue weighted by Crippen LogP contribution is -2.46. The van der Waals surface area contributed by atoms with Crippen molar-refractivity contribution < 1.29 is 17.9 Å². The van der Waals surface area contributed by atoms with Gasteiger partial charge in [0.05, 0.1) is 0 Å². The summed E-state index contributed by atoms with van der Waals surface area (Å²) in [6.45, 7) is 5.38. The van der Waals surface area contributed by atoms with Gasteiger partial charge in [0.15, 0.2) is 0 Å². The predicted molar refractivity (Wildman–Crippen MR) is 125 cm³/mol. The van der Waals surface area contributed by atoms with Crippen LogP contribution in [-0.4, -0.2) is 44.2 Å². The van der Waals surface area contributed by atoms with E-state index >= 15 is 0 Å². The molecule has 4 rings (SSSR count). The van der Waals surface area contributed by atoms with Crippen LogP contribution in [0.2, 0.25) is 0 Å². The Bertz CT molecular complexity index is 940. The lowest BCUT2D eigenvalue weighted by molar-refractivity contribution is 0.0750. The zero-order chi connectivity index (χ0) is 23.0. The second-order valence-electron chi connectivity index (χ2n) is 8.37. The first-order chi connectivity index (χ1) is 16.1. The van der Waals surface area contributed by atoms with Gasteiger partial charge in [-0.2, -0.15) is 0 Å². The van der Waals surface area contributed by atoms with Gasteiger partial charge in [0.2, 0.25) is 0 Å². The fraction of sp³-hybridized carbons (Fsp3) is 0.333. The van der Waals surface area contributed by atoms with Crippen molar-refractivity contribution in [3.05, 3.63) is 101 Å². The largest absolute Gasteiger partial charge is 0.369 e. The van der Waals surface area contributed by atoms with Crippen molar-refractivity contribution in [2.24, 2.45) is 0 Å². The normalized spacial score (nSPS) is 14.7. The summed E-state index contributed by atoms with van der Waals surface area (Å²) in [5, 5.41) is 0. The number of benzene rings is 3. The third kappa shape index (κ3) is 6.59. The first kappa shape index (κ1) is 23.3. The molecule has 0 N–H and O–H groups in total. The SMILES string of the molecule is Fc1ccc(C(OCCCCN2CCN(c3ccc(F)cc3)CC2)c2ccc(F)cc2)cc1. The lowest BCUT2D eigenvalue weighted by Gasteiger charge is -2.36. The van der Waals surface area contributed by atoms with Gasteiger partial charge in [-0.1, -0.05) is 24.3 Å². The Morgan fingerprint density at radius 1 is 0.636 bits per heavy atom. The third-order valence-corrected chi connectivity index (χ3v) is 6.06. The smallest absolute Gasteiger partial charge is 0.123 e. The molecule has 3 aromatic rings. The molecule has 0 spiro atoms. The molecule has 1 heterocycles. The molecule has 0 unspecified atom stereocenters. The van der Waals surface area contributed by atoms with Gasteiger partial charge in [-0.05, 0) is 79.0 Å². The maximum atomic E-state index is 13.4. The van der Waals surface area contributed by atoms with Crippen molar-refractivity contribution in [1.29, 1.82) is 0 Å². The van der Waals surface area contributed by atoms with Crippen LogP contribution in [-0.2, 0) is 4.74 Å². The van der Waals surface area contributed by atoms with Crippen molar-refractivity contribution in [2.75, 3.05) is 44.2 Å². The van der Waals surface area contributed by atoms with Gasteiger partial charge in [0.1, 0.15) is 23.6 Å². The van der Waals surface area contributed by atoms with Crippen LogP contribution < -0.4 is 4.90 Å². The molecule has 0 radical (unpaired) electrons. The summed E-state index contributed by atoms with van der Waals surface area (Å²) in [7, 11) is 0. The average Bonchev–Trinajstić information content (AvgIpc) is 2.84. The van der Waals surface area contributed by atoms with E-state index in [0.29, 0.717) is 6.61 Å². The number of unbranched alkanes of at least 4 members (excludes halogenated alkanes) is 1. The molecule has 1 aliphatic rings. The highest BCUT2D eigenvalue weighted by molar-refractivity contribution is 5.46. The molecule has 174 valence electrons. The molecule has 0 bridgehead atoms. The molecule has 0 aromatic heterocycles. The van der Waals surface area contributed by atoms with E-state index in [4.69, 9.17) is 4.74 Å². The Balaban J connectivity index is 1.22. The second-order valence-corrected chi connectivity index (χ2v) is 8.37. The zero-order valence-corrected chi connectivity index (χ0v) is 18.6. The summed E-state index contributed by atoms with van der Waals surface area (Å²) >= 11 is 0. The molecule has 6 heteroatoms. The van der Waals surface area contributed by atoms with E-state index in [0.717, 1.165) is 62.4 Å². The van der Waals surface area contributed by atoms with E-state index in [1.54, 1.807) is 24.3 Å². The summed E-state index contributed by atoms with van der Waals surface area (Å²) in [5.74, 6) is -0.798. The Morgan fingerprint density at radius 3 is 1.64 bits per heavy atom. The van der Waals surface area contributed by atoms with E-state index in [-0.39, 0.29) is 23.6 Å². The van der Waals surface area contributed by atoms with E-state index < -0.39 is 0 Å². The topological polar surface area (TPSA) is 15.7 Å². The maximum absolute atomic E-state index is 13.4. The minimum Gasteiger partial charge on any atom is -0.369 e. The molecular weight excluding hydrogens is 425 g/mol. The molecule has 33 heavy (non-hydrogen) atoms. The molecule has 1 aliphatic heterocycles. The number of hydrogen-bond acceptors (Lipinski definition) is 3. The zero-order valence-electron chi connectivity index (χ0n) is 18.6. The molecule has 0 atom stereocenters. The molecule has 0 amide bonds. The molecular formula is C27H29F3N2O. The van der Waals surface area contributed by atoms with Crippen LogP contribution in [0.15, 0.2) is 72.8 Å². The Morgan fingerprint density at radius 2 is 1.12 bits per heavy atom. The fourth-order valence-electron chi connectivity index (χ4n) is 4.18. The van der Waals surface area contributed by atoms with E-state index in [1.165, 1.54) is 36.4 Å². The van der Waals surface area contributed by atoms with Crippen molar-refractivity contribution in [3.63, 3.8) is 0 Å². The molecule has 3 nitrogen and oxygen atoms in total. The number of hydrogen-bond donors (Lipinski definition) is 0. The quantitative estimate of drug-likeness (QED) is 0.380. The van der Waals surface area contributed by atoms with Gasteiger partial charge in [0.25, 0.3) is 0 Å². The predicted octanol–water partition coefficient (Wildman–Crippen LogP) is 5.81. The molecule has 3 aromatic carbocycles. The maximum Gasteiger partial charge on any atom is 0.123 e. The second kappa shape index (κ2) is 11.3. The van der Waals surface area contributed by atoms with Gasteiger partial charge in [-0.25, -0.2) is 13.2 Å². The summed E-state index contributed by atoms with van der Waals surface area (Å²) < 4.78 is 46.0. The molecule has 1 saturated heterocycles. The highest BCUT2D eigenvalue weighted by atomic mass is 19.1. The van der Waals surface area contributed by atoms with Crippen LogP contribution in [0.25, 0.3) is 0 Å². The van der Waals surface area contributed by atoms with Gasteiger partial charge < -0.3 is 9.64 Å². The highest BCUT2D eigenvalue weighted by Gasteiger charge is 2.18. The van der Waals surface area contributed by atoms with Crippen LogP contribution in [0, 0.1) is 17.5 Å². The minimum absolute atomic E-state index is 0.208. The first-order valence-corrected chi connectivity index (χ1v) is 11.4.